The van der Waals surface area contributed by atoms with Gasteiger partial charge in [-0.2, -0.15) is 0 Å². The van der Waals surface area contributed by atoms with E-state index in [2.05, 4.69) is 31.2 Å². The largest absolute Gasteiger partial charge is 0.497 e. The fraction of sp³-hybridized carbons (Fsp3) is 0.314. The van der Waals surface area contributed by atoms with Crippen LogP contribution >= 0.6 is 0 Å². The number of benzene rings is 3. The Morgan fingerprint density at radius 2 is 1.40 bits per heavy atom. The Balaban J connectivity index is 1.88. The molecule has 1 aliphatic heterocycles. The van der Waals surface area contributed by atoms with Gasteiger partial charge in [-0.25, -0.2) is 0 Å². The molecule has 1 aliphatic rings. The van der Waals surface area contributed by atoms with Crippen molar-refractivity contribution in [3.63, 3.8) is 0 Å². The molecule has 1 fully saturated rings. The minimum atomic E-state index is -0.938. The van der Waals surface area contributed by atoms with Crippen LogP contribution in [0.15, 0.2) is 90.0 Å². The van der Waals surface area contributed by atoms with Gasteiger partial charge in [0.05, 0.1) is 31.6 Å². The molecule has 1 saturated heterocycles. The monoisotopic (exact) mass is 537 g/mol. The molecule has 0 unspecified atom stereocenters. The number of anilines is 1. The molecule has 0 spiro atoms. The van der Waals surface area contributed by atoms with Gasteiger partial charge in [-0.05, 0) is 88.1 Å². The van der Waals surface area contributed by atoms with Crippen molar-refractivity contribution in [2.75, 3.05) is 19.1 Å². The molecule has 0 aliphatic carbocycles. The van der Waals surface area contributed by atoms with Crippen LogP contribution in [0.5, 0.6) is 5.75 Å². The van der Waals surface area contributed by atoms with Crippen LogP contribution in [0.1, 0.15) is 56.0 Å². The molecule has 1 heterocycles. The van der Waals surface area contributed by atoms with E-state index < -0.39 is 11.3 Å². The predicted molar refractivity (Wildman–Crippen MR) is 161 cm³/mol. The fourth-order valence-corrected chi connectivity index (χ4v) is 5.35. The molecular formula is C35H39NO4. The lowest BCUT2D eigenvalue weighted by atomic mass is 9.72. The van der Waals surface area contributed by atoms with Crippen LogP contribution in [-0.4, -0.2) is 26.1 Å². The van der Waals surface area contributed by atoms with Gasteiger partial charge in [0, 0.05) is 5.69 Å². The third-order valence-corrected chi connectivity index (χ3v) is 7.81. The third kappa shape index (κ3) is 5.46. The molecule has 0 N–H and O–H groups in total. The number of ether oxygens (including phenoxy) is 2. The number of nitrogens with zero attached hydrogens (tertiary/aromatic N) is 1. The number of esters is 1. The number of amides is 1. The van der Waals surface area contributed by atoms with Gasteiger partial charge in [-0.1, -0.05) is 71.3 Å². The van der Waals surface area contributed by atoms with E-state index >= 15 is 0 Å². The predicted octanol–water partition coefficient (Wildman–Crippen LogP) is 7.64. The highest BCUT2D eigenvalue weighted by atomic mass is 16.5. The molecule has 0 radical (unpaired) electrons. The second-order valence-electron chi connectivity index (χ2n) is 11.2. The number of β-lactam (4-membered cyclic amide) rings is 1. The van der Waals surface area contributed by atoms with Crippen LogP contribution < -0.4 is 9.64 Å². The molecule has 5 nitrogen and oxygen atoms in total. The smallest absolute Gasteiger partial charge is 0.315 e. The summed E-state index contributed by atoms with van der Waals surface area (Å²) in [6.07, 6.45) is 2.05. The van der Waals surface area contributed by atoms with Crippen LogP contribution in [0.3, 0.4) is 0 Å². The molecule has 3 aromatic carbocycles. The van der Waals surface area contributed by atoms with E-state index in [0.29, 0.717) is 0 Å². The summed E-state index contributed by atoms with van der Waals surface area (Å²) in [4.78, 5) is 28.9. The maximum absolute atomic E-state index is 14.1. The van der Waals surface area contributed by atoms with E-state index in [4.69, 9.17) is 9.47 Å². The van der Waals surface area contributed by atoms with Gasteiger partial charge in [0.2, 0.25) is 5.91 Å². The van der Waals surface area contributed by atoms with Gasteiger partial charge in [0.25, 0.3) is 0 Å². The van der Waals surface area contributed by atoms with Crippen molar-refractivity contribution in [1.29, 1.82) is 0 Å². The lowest BCUT2D eigenvalue weighted by Crippen LogP contribution is -2.56. The average molecular weight is 538 g/mol. The summed E-state index contributed by atoms with van der Waals surface area (Å²) in [5.41, 5.74) is 6.89. The number of methoxy groups -OCH3 is 2. The lowest BCUT2D eigenvalue weighted by Gasteiger charge is -2.48. The summed E-state index contributed by atoms with van der Waals surface area (Å²) in [6.45, 7) is 11.9. The number of rotatable bonds is 8. The van der Waals surface area contributed by atoms with Gasteiger partial charge in [-0.15, -0.1) is 0 Å². The summed E-state index contributed by atoms with van der Waals surface area (Å²) in [6, 6.07) is 23.9. The van der Waals surface area contributed by atoms with Crippen molar-refractivity contribution in [3.8, 4) is 5.75 Å². The molecule has 5 heteroatoms. The highest BCUT2D eigenvalue weighted by molar-refractivity contribution is 6.06. The molecule has 0 saturated carbocycles. The average Bonchev–Trinajstić information content (AvgIpc) is 2.94. The minimum absolute atomic E-state index is 0.0160. The molecular weight excluding hydrogens is 498 g/mol. The van der Waals surface area contributed by atoms with Crippen LogP contribution in [0.25, 0.3) is 5.57 Å². The van der Waals surface area contributed by atoms with E-state index in [1.807, 2.05) is 94.1 Å². The molecule has 3 aromatic rings. The van der Waals surface area contributed by atoms with Crippen LogP contribution in [0.2, 0.25) is 0 Å². The zero-order valence-electron chi connectivity index (χ0n) is 24.7. The SMILES string of the molecule is COC(=O)C(C)(C)/C(=C\C(=C(C)C)[C@@H]1C(=O)N(c2ccc(OC)cc2)[C@@H]1c1ccc(C)cc1)c1ccc(C)cc1. The van der Waals surface area contributed by atoms with Gasteiger partial charge in [0.1, 0.15) is 5.75 Å². The van der Waals surface area contributed by atoms with E-state index in [1.165, 1.54) is 7.11 Å². The molecule has 208 valence electrons. The maximum Gasteiger partial charge on any atom is 0.315 e. The third-order valence-electron chi connectivity index (χ3n) is 7.81. The van der Waals surface area contributed by atoms with Crippen molar-refractivity contribution in [1.82, 2.24) is 0 Å². The topological polar surface area (TPSA) is 55.8 Å². The first-order valence-electron chi connectivity index (χ1n) is 13.6. The quantitative estimate of drug-likeness (QED) is 0.168. The Hall–Kier alpha value is -4.12. The Bertz CT molecular complexity index is 1440. The Kier molecular flexibility index (Phi) is 8.34. The fourth-order valence-electron chi connectivity index (χ4n) is 5.35. The van der Waals surface area contributed by atoms with Crippen molar-refractivity contribution in [2.24, 2.45) is 11.3 Å². The van der Waals surface area contributed by atoms with E-state index in [0.717, 1.165) is 50.4 Å². The van der Waals surface area contributed by atoms with Gasteiger partial charge in [-0.3, -0.25) is 9.59 Å². The number of hydrogen-bond donors (Lipinski definition) is 0. The second kappa shape index (κ2) is 11.5. The van der Waals surface area contributed by atoms with Crippen molar-refractivity contribution < 1.29 is 19.1 Å². The number of allylic oxidation sites excluding steroid dienone is 2. The van der Waals surface area contributed by atoms with Crippen LogP contribution in [-0.2, 0) is 14.3 Å². The van der Waals surface area contributed by atoms with Crippen molar-refractivity contribution >= 4 is 23.1 Å². The van der Waals surface area contributed by atoms with Crippen LogP contribution in [0.4, 0.5) is 5.69 Å². The first-order chi connectivity index (χ1) is 19.0. The standard InChI is InChI=1S/C35H39NO4/c1-22(2)29(21-30(35(5,6)34(38)40-8)25-13-9-23(3)10-14-25)31-32(26-15-11-24(4)12-16-26)36(33(31)37)27-17-19-28(39-7)20-18-27/h9-21,31-32H,1-8H3/b30-21-/t31-,32+/m0/s1. The highest BCUT2D eigenvalue weighted by Crippen LogP contribution is 2.49. The summed E-state index contributed by atoms with van der Waals surface area (Å²) >= 11 is 0. The van der Waals surface area contributed by atoms with Crippen molar-refractivity contribution in [3.05, 3.63) is 112 Å². The molecule has 0 aromatic heterocycles. The first-order valence-corrected chi connectivity index (χ1v) is 13.6. The number of carbonyl (C=O) groups excluding carboxylic acids is 2. The normalized spacial score (nSPS) is 17.2. The van der Waals surface area contributed by atoms with Crippen LogP contribution in [0, 0.1) is 25.2 Å². The summed E-state index contributed by atoms with van der Waals surface area (Å²) in [7, 11) is 3.04. The summed E-state index contributed by atoms with van der Waals surface area (Å²) < 4.78 is 10.6. The number of carbonyl (C=O) groups is 2. The summed E-state index contributed by atoms with van der Waals surface area (Å²) in [5, 5.41) is 0. The molecule has 1 amide bonds. The molecule has 0 bridgehead atoms. The zero-order valence-corrected chi connectivity index (χ0v) is 24.7. The Labute approximate surface area is 238 Å². The van der Waals surface area contributed by atoms with Gasteiger partial charge >= 0.3 is 5.97 Å². The number of hydrogen-bond acceptors (Lipinski definition) is 4. The molecule has 2 atom stereocenters. The van der Waals surface area contributed by atoms with E-state index in [-0.39, 0.29) is 17.9 Å². The maximum atomic E-state index is 14.1. The molecule has 40 heavy (non-hydrogen) atoms. The minimum Gasteiger partial charge on any atom is -0.497 e. The zero-order chi connectivity index (χ0) is 29.2. The first kappa shape index (κ1) is 28.9. The molecule has 4 rings (SSSR count). The van der Waals surface area contributed by atoms with Gasteiger partial charge in [0.15, 0.2) is 0 Å². The Morgan fingerprint density at radius 3 is 1.90 bits per heavy atom. The number of aryl methyl sites for hydroxylation is 2. The van der Waals surface area contributed by atoms with Crippen molar-refractivity contribution in [2.45, 2.75) is 47.6 Å². The summed E-state index contributed by atoms with van der Waals surface area (Å²) in [5.74, 6) is 0.00852. The van der Waals surface area contributed by atoms with Gasteiger partial charge < -0.3 is 14.4 Å². The highest BCUT2D eigenvalue weighted by Gasteiger charge is 2.50. The van der Waals surface area contributed by atoms with E-state index in [1.54, 1.807) is 7.11 Å². The second-order valence-corrected chi connectivity index (χ2v) is 11.2. The Morgan fingerprint density at radius 1 is 0.850 bits per heavy atom. The van der Waals surface area contributed by atoms with E-state index in [9.17, 15) is 9.59 Å². The lowest BCUT2D eigenvalue weighted by molar-refractivity contribution is -0.147.